The Morgan fingerprint density at radius 3 is 2.70 bits per heavy atom. The van der Waals surface area contributed by atoms with Gasteiger partial charge in [0.15, 0.2) is 0 Å². The largest absolute Gasteiger partial charge is 0.329 e. The average molecular weight is 360 g/mol. The van der Waals surface area contributed by atoms with Gasteiger partial charge in [-0.3, -0.25) is 9.59 Å². The van der Waals surface area contributed by atoms with E-state index in [2.05, 4.69) is 23.5 Å². The Labute approximate surface area is 159 Å². The molecule has 4 rings (SSSR count). The zero-order valence-corrected chi connectivity index (χ0v) is 15.8. The van der Waals surface area contributed by atoms with Gasteiger partial charge in [0.25, 0.3) is 5.56 Å². The number of rotatable bonds is 3. The fourth-order valence-electron chi connectivity index (χ4n) is 4.16. The number of carbonyl (C=O) groups excluding carboxylic acids is 1. The lowest BCUT2D eigenvalue weighted by molar-refractivity contribution is -0.121. The molecule has 1 atom stereocenters. The monoisotopic (exact) mass is 360 g/mol. The zero-order valence-electron chi connectivity index (χ0n) is 15.8. The topological polar surface area (TPSA) is 51.1 Å². The lowest BCUT2D eigenvalue weighted by Crippen LogP contribution is -2.35. The van der Waals surface area contributed by atoms with Crippen LogP contribution in [0.4, 0.5) is 0 Å². The third kappa shape index (κ3) is 3.39. The summed E-state index contributed by atoms with van der Waals surface area (Å²) >= 11 is 0. The van der Waals surface area contributed by atoms with E-state index in [1.54, 1.807) is 11.6 Å². The summed E-state index contributed by atoms with van der Waals surface area (Å²) in [7, 11) is 1.79. The molecule has 0 saturated carbocycles. The van der Waals surface area contributed by atoms with Crippen LogP contribution in [-0.4, -0.2) is 10.5 Å². The number of allylic oxidation sites excluding steroid dienone is 4. The van der Waals surface area contributed by atoms with Crippen molar-refractivity contribution in [1.29, 1.82) is 0 Å². The summed E-state index contributed by atoms with van der Waals surface area (Å²) in [5.74, 6) is 0.475. The first kappa shape index (κ1) is 17.5. The molecule has 138 valence electrons. The molecule has 1 unspecified atom stereocenters. The van der Waals surface area contributed by atoms with Crippen molar-refractivity contribution in [2.75, 3.05) is 0 Å². The van der Waals surface area contributed by atoms with Gasteiger partial charge in [-0.05, 0) is 54.5 Å². The van der Waals surface area contributed by atoms with E-state index in [4.69, 9.17) is 0 Å². The molecule has 0 radical (unpaired) electrons. The number of hydrogen-bond donors (Lipinski definition) is 1. The van der Waals surface area contributed by atoms with Crippen LogP contribution in [0, 0.1) is 12.8 Å². The molecule has 1 saturated heterocycles. The van der Waals surface area contributed by atoms with E-state index in [1.165, 1.54) is 11.1 Å². The second kappa shape index (κ2) is 7.03. The van der Waals surface area contributed by atoms with Gasteiger partial charge in [-0.1, -0.05) is 36.4 Å². The lowest BCUT2D eigenvalue weighted by Gasteiger charge is -2.33. The minimum Gasteiger partial charge on any atom is -0.329 e. The lowest BCUT2D eigenvalue weighted by atomic mass is 9.78. The third-order valence-electron chi connectivity index (χ3n) is 5.56. The summed E-state index contributed by atoms with van der Waals surface area (Å²) in [6.45, 7) is 1.85. The van der Waals surface area contributed by atoms with E-state index in [0.29, 0.717) is 12.3 Å². The highest BCUT2D eigenvalue weighted by Gasteiger charge is 2.30. The van der Waals surface area contributed by atoms with Gasteiger partial charge in [0, 0.05) is 36.8 Å². The van der Waals surface area contributed by atoms with Crippen LogP contribution in [-0.2, 0) is 18.3 Å². The molecule has 1 N–H and O–H groups in total. The Morgan fingerprint density at radius 1 is 1.19 bits per heavy atom. The van der Waals surface area contributed by atoms with Crippen molar-refractivity contribution in [2.45, 2.75) is 32.6 Å². The third-order valence-corrected chi connectivity index (χ3v) is 5.56. The zero-order chi connectivity index (χ0) is 19.0. The molecular formula is C23H24N2O2. The number of amides is 1. The van der Waals surface area contributed by atoms with Gasteiger partial charge in [0.05, 0.1) is 0 Å². The van der Waals surface area contributed by atoms with E-state index < -0.39 is 0 Å². The van der Waals surface area contributed by atoms with Crippen LogP contribution in [0.25, 0.3) is 5.57 Å². The molecule has 1 fully saturated rings. The van der Waals surface area contributed by atoms with Gasteiger partial charge in [0.2, 0.25) is 5.91 Å². The number of hydrogen-bond acceptors (Lipinski definition) is 2. The molecule has 0 bridgehead atoms. The van der Waals surface area contributed by atoms with E-state index in [9.17, 15) is 9.59 Å². The summed E-state index contributed by atoms with van der Waals surface area (Å²) in [5, 5.41) is 3.16. The van der Waals surface area contributed by atoms with Crippen molar-refractivity contribution in [3.63, 3.8) is 0 Å². The standard InChI is InChI=1S/C23H24N2O2/c1-15-12-18(14-25(2)23(15)27)19-10-8-17-9-11-21(26)24-22(17)20(19)13-16-6-4-3-5-7-16/h3-7,10,12,14,17H,8-9,11,13H2,1-2H3,(H,24,26). The molecule has 1 amide bonds. The summed E-state index contributed by atoms with van der Waals surface area (Å²) in [4.78, 5) is 24.2. The van der Waals surface area contributed by atoms with Gasteiger partial charge in [-0.25, -0.2) is 0 Å². The van der Waals surface area contributed by atoms with Gasteiger partial charge < -0.3 is 9.88 Å². The maximum Gasteiger partial charge on any atom is 0.253 e. The summed E-state index contributed by atoms with van der Waals surface area (Å²) in [6.07, 6.45) is 7.36. The number of carbonyl (C=O) groups is 1. The number of piperidine rings is 1. The number of benzene rings is 1. The Hall–Kier alpha value is -2.88. The first-order chi connectivity index (χ1) is 13.0. The molecule has 1 aliphatic carbocycles. The SMILES string of the molecule is Cc1cc(C2=CCC3CCC(=O)NC3=C2Cc2ccccc2)cn(C)c1=O. The van der Waals surface area contributed by atoms with Crippen LogP contribution in [0.15, 0.2) is 64.7 Å². The first-order valence-electron chi connectivity index (χ1n) is 9.48. The number of aromatic nitrogens is 1. The maximum absolute atomic E-state index is 12.1. The van der Waals surface area contributed by atoms with Crippen LogP contribution in [0.5, 0.6) is 0 Å². The van der Waals surface area contributed by atoms with Crippen LogP contribution in [0.1, 0.15) is 36.0 Å². The number of aryl methyl sites for hydroxylation is 2. The molecule has 2 aliphatic rings. The van der Waals surface area contributed by atoms with Gasteiger partial charge in [-0.2, -0.15) is 0 Å². The minimum atomic E-state index is 0.0243. The Morgan fingerprint density at radius 2 is 1.96 bits per heavy atom. The van der Waals surface area contributed by atoms with Crippen LogP contribution in [0.3, 0.4) is 0 Å². The van der Waals surface area contributed by atoms with Gasteiger partial charge in [0.1, 0.15) is 0 Å². The van der Waals surface area contributed by atoms with Crippen molar-refractivity contribution in [3.05, 3.63) is 87.0 Å². The number of nitrogens with one attached hydrogen (secondary N) is 1. The Balaban J connectivity index is 1.83. The van der Waals surface area contributed by atoms with Gasteiger partial charge >= 0.3 is 0 Å². The van der Waals surface area contributed by atoms with Crippen LogP contribution in [0.2, 0.25) is 0 Å². The minimum absolute atomic E-state index is 0.0243. The number of nitrogens with zero attached hydrogens (tertiary/aromatic N) is 1. The summed E-state index contributed by atoms with van der Waals surface area (Å²) in [5.41, 5.74) is 6.37. The fourth-order valence-corrected chi connectivity index (χ4v) is 4.16. The highest BCUT2D eigenvalue weighted by Crippen LogP contribution is 2.39. The molecule has 1 aromatic heterocycles. The summed E-state index contributed by atoms with van der Waals surface area (Å²) < 4.78 is 1.64. The molecule has 1 aliphatic heterocycles. The molecule has 0 spiro atoms. The predicted molar refractivity (Wildman–Crippen MR) is 107 cm³/mol. The molecule has 4 nitrogen and oxygen atoms in total. The molecule has 2 aromatic rings. The van der Waals surface area contributed by atoms with E-state index in [-0.39, 0.29) is 11.5 Å². The van der Waals surface area contributed by atoms with Crippen molar-refractivity contribution in [2.24, 2.45) is 13.0 Å². The molecule has 2 heterocycles. The normalized spacial score (nSPS) is 19.4. The molecule has 1 aromatic carbocycles. The van der Waals surface area contributed by atoms with E-state index in [0.717, 1.165) is 41.7 Å². The Kier molecular flexibility index (Phi) is 4.56. The quantitative estimate of drug-likeness (QED) is 0.911. The Bertz CT molecular complexity index is 986. The molecular weight excluding hydrogens is 336 g/mol. The second-order valence-electron chi connectivity index (χ2n) is 7.52. The predicted octanol–water partition coefficient (Wildman–Crippen LogP) is 3.50. The average Bonchev–Trinajstić information content (AvgIpc) is 2.67. The van der Waals surface area contributed by atoms with Crippen molar-refractivity contribution < 1.29 is 4.79 Å². The highest BCUT2D eigenvalue weighted by molar-refractivity contribution is 5.86. The molecule has 27 heavy (non-hydrogen) atoms. The fraction of sp³-hybridized carbons (Fsp3) is 0.304. The van der Waals surface area contributed by atoms with Crippen LogP contribution < -0.4 is 10.9 Å². The highest BCUT2D eigenvalue weighted by atomic mass is 16.1. The van der Waals surface area contributed by atoms with Crippen molar-refractivity contribution >= 4 is 11.5 Å². The smallest absolute Gasteiger partial charge is 0.253 e. The summed E-state index contributed by atoms with van der Waals surface area (Å²) in [6, 6.07) is 12.3. The van der Waals surface area contributed by atoms with Crippen molar-refractivity contribution in [1.82, 2.24) is 9.88 Å². The van der Waals surface area contributed by atoms with Gasteiger partial charge in [-0.15, -0.1) is 0 Å². The molecule has 4 heteroatoms. The number of pyridine rings is 1. The van der Waals surface area contributed by atoms with E-state index >= 15 is 0 Å². The van der Waals surface area contributed by atoms with E-state index in [1.807, 2.05) is 37.4 Å². The first-order valence-corrected chi connectivity index (χ1v) is 9.48. The van der Waals surface area contributed by atoms with Crippen molar-refractivity contribution in [3.8, 4) is 0 Å². The second-order valence-corrected chi connectivity index (χ2v) is 7.52. The maximum atomic E-state index is 12.1. The number of fused-ring (bicyclic) bond motifs is 1. The van der Waals surface area contributed by atoms with Crippen LogP contribution >= 0.6 is 0 Å².